The van der Waals surface area contributed by atoms with Crippen LogP contribution in [0, 0.1) is 0 Å². The standard InChI is InChI=1S/C14H20BNO4/c1-13(2,18)14(3,4)20-15(19)10-6-5-7-11-9(10)8-12(17)16-11/h5-7,18-19H,8H2,1-4H3,(H,16,17). The number of carbonyl (C=O) groups is 1. The predicted octanol–water partition coefficient (Wildman–Crippen LogP) is 0.435. The summed E-state index contributed by atoms with van der Waals surface area (Å²) in [5.41, 5.74) is -0.0449. The molecule has 0 aromatic heterocycles. The van der Waals surface area contributed by atoms with E-state index in [2.05, 4.69) is 5.32 Å². The van der Waals surface area contributed by atoms with Crippen molar-refractivity contribution in [1.29, 1.82) is 0 Å². The third-order valence-corrected chi connectivity index (χ3v) is 3.97. The normalized spacial score (nSPS) is 15.0. The molecule has 6 heteroatoms. The van der Waals surface area contributed by atoms with Gasteiger partial charge in [0.15, 0.2) is 0 Å². The van der Waals surface area contributed by atoms with Crippen molar-refractivity contribution in [3.8, 4) is 0 Å². The Bertz CT molecular complexity index is 536. The molecule has 0 aliphatic carbocycles. The molecule has 108 valence electrons. The number of hydrogen-bond donors (Lipinski definition) is 3. The van der Waals surface area contributed by atoms with Gasteiger partial charge in [-0.2, -0.15) is 0 Å². The predicted molar refractivity (Wildman–Crippen MR) is 77.8 cm³/mol. The van der Waals surface area contributed by atoms with Crippen LogP contribution in [-0.2, 0) is 15.9 Å². The molecule has 3 N–H and O–H groups in total. The molecule has 1 amide bonds. The van der Waals surface area contributed by atoms with Gasteiger partial charge in [-0.25, -0.2) is 0 Å². The average molecular weight is 277 g/mol. The Balaban J connectivity index is 2.26. The zero-order chi connectivity index (χ0) is 15.1. The van der Waals surface area contributed by atoms with Gasteiger partial charge in [0.2, 0.25) is 5.91 Å². The number of fused-ring (bicyclic) bond motifs is 1. The second-order valence-electron chi connectivity index (χ2n) is 6.14. The molecule has 0 atom stereocenters. The highest BCUT2D eigenvalue weighted by atomic mass is 16.5. The van der Waals surface area contributed by atoms with Crippen molar-refractivity contribution in [3.63, 3.8) is 0 Å². The molecule has 0 spiro atoms. The Hall–Kier alpha value is -1.37. The lowest BCUT2D eigenvalue weighted by molar-refractivity contribution is -0.115. The number of hydrogen-bond acceptors (Lipinski definition) is 4. The summed E-state index contributed by atoms with van der Waals surface area (Å²) in [6, 6.07) is 5.27. The quantitative estimate of drug-likeness (QED) is 0.698. The van der Waals surface area contributed by atoms with Crippen molar-refractivity contribution in [2.24, 2.45) is 0 Å². The maximum Gasteiger partial charge on any atom is 0.492 e. The Morgan fingerprint density at radius 3 is 2.55 bits per heavy atom. The van der Waals surface area contributed by atoms with Crippen molar-refractivity contribution in [3.05, 3.63) is 23.8 Å². The zero-order valence-corrected chi connectivity index (χ0v) is 12.2. The van der Waals surface area contributed by atoms with Gasteiger partial charge in [0, 0.05) is 5.69 Å². The first-order chi connectivity index (χ1) is 9.12. The summed E-state index contributed by atoms with van der Waals surface area (Å²) in [6.07, 6.45) is 0.231. The lowest BCUT2D eigenvalue weighted by Gasteiger charge is -2.38. The Labute approximate surface area is 119 Å². The number of rotatable bonds is 4. The van der Waals surface area contributed by atoms with Gasteiger partial charge in [-0.05, 0) is 44.8 Å². The highest BCUT2D eigenvalue weighted by molar-refractivity contribution is 6.61. The molecule has 0 saturated heterocycles. The number of aliphatic hydroxyl groups is 1. The second kappa shape index (κ2) is 4.88. The van der Waals surface area contributed by atoms with E-state index in [1.165, 1.54) is 0 Å². The van der Waals surface area contributed by atoms with Gasteiger partial charge >= 0.3 is 7.12 Å². The van der Waals surface area contributed by atoms with Crippen LogP contribution in [0.5, 0.6) is 0 Å². The lowest BCUT2D eigenvalue weighted by atomic mass is 9.73. The molecule has 0 radical (unpaired) electrons. The van der Waals surface area contributed by atoms with Crippen molar-refractivity contribution < 1.29 is 19.6 Å². The number of carbonyl (C=O) groups excluding carboxylic acids is 1. The van der Waals surface area contributed by atoms with Crippen molar-refractivity contribution in [2.75, 3.05) is 5.32 Å². The number of amides is 1. The van der Waals surface area contributed by atoms with E-state index >= 15 is 0 Å². The molecule has 1 aliphatic heterocycles. The van der Waals surface area contributed by atoms with Crippen molar-refractivity contribution in [1.82, 2.24) is 0 Å². The molecule has 1 heterocycles. The SMILES string of the molecule is CC(C)(O)C(C)(C)OB(O)c1cccc2c1CC(=O)N2. The zero-order valence-electron chi connectivity index (χ0n) is 12.2. The van der Waals surface area contributed by atoms with E-state index in [9.17, 15) is 14.9 Å². The summed E-state index contributed by atoms with van der Waals surface area (Å²) in [5, 5.41) is 23.1. The van der Waals surface area contributed by atoms with Crippen LogP contribution >= 0.6 is 0 Å². The van der Waals surface area contributed by atoms with Gasteiger partial charge in [0.05, 0.1) is 17.6 Å². The summed E-state index contributed by atoms with van der Waals surface area (Å²) in [4.78, 5) is 11.4. The molecule has 2 rings (SSSR count). The maximum atomic E-state index is 11.4. The third kappa shape index (κ3) is 2.72. The molecule has 1 aromatic rings. The smallest absolute Gasteiger partial charge is 0.423 e. The average Bonchev–Trinajstić information content (AvgIpc) is 2.66. The summed E-state index contributed by atoms with van der Waals surface area (Å²) in [5.74, 6) is -0.0959. The number of nitrogens with one attached hydrogen (secondary N) is 1. The molecular formula is C14H20BNO4. The van der Waals surface area contributed by atoms with Gasteiger partial charge in [0.25, 0.3) is 0 Å². The molecule has 0 saturated carbocycles. The fourth-order valence-electron chi connectivity index (χ4n) is 1.99. The van der Waals surface area contributed by atoms with Crippen LogP contribution in [0.1, 0.15) is 33.3 Å². The van der Waals surface area contributed by atoms with Crippen molar-refractivity contribution in [2.45, 2.75) is 45.3 Å². The van der Waals surface area contributed by atoms with E-state index in [1.807, 2.05) is 0 Å². The van der Waals surface area contributed by atoms with E-state index in [4.69, 9.17) is 4.65 Å². The third-order valence-electron chi connectivity index (χ3n) is 3.97. The first-order valence-electron chi connectivity index (χ1n) is 6.62. The first kappa shape index (κ1) is 15.0. The fourth-order valence-corrected chi connectivity index (χ4v) is 1.99. The number of benzene rings is 1. The van der Waals surface area contributed by atoms with Crippen LogP contribution in [-0.4, -0.2) is 34.4 Å². The van der Waals surface area contributed by atoms with Crippen LogP contribution in [0.25, 0.3) is 0 Å². The molecular weight excluding hydrogens is 257 g/mol. The van der Waals surface area contributed by atoms with Crippen LogP contribution in [0.15, 0.2) is 18.2 Å². The maximum absolute atomic E-state index is 11.4. The van der Waals surface area contributed by atoms with E-state index in [1.54, 1.807) is 45.9 Å². The molecule has 1 aliphatic rings. The molecule has 0 bridgehead atoms. The van der Waals surface area contributed by atoms with Crippen LogP contribution in [0.4, 0.5) is 5.69 Å². The minimum atomic E-state index is -1.20. The molecule has 20 heavy (non-hydrogen) atoms. The lowest BCUT2D eigenvalue weighted by Crippen LogP contribution is -2.53. The van der Waals surface area contributed by atoms with Gasteiger partial charge in [-0.1, -0.05) is 12.1 Å². The van der Waals surface area contributed by atoms with Crippen LogP contribution in [0.3, 0.4) is 0 Å². The van der Waals surface area contributed by atoms with Gasteiger partial charge in [0.1, 0.15) is 0 Å². The Morgan fingerprint density at radius 2 is 1.95 bits per heavy atom. The van der Waals surface area contributed by atoms with E-state index < -0.39 is 18.3 Å². The second-order valence-corrected chi connectivity index (χ2v) is 6.14. The number of anilines is 1. The van der Waals surface area contributed by atoms with Crippen LogP contribution in [0.2, 0.25) is 0 Å². The molecule has 0 unspecified atom stereocenters. The van der Waals surface area contributed by atoms with E-state index in [0.717, 1.165) is 5.56 Å². The monoisotopic (exact) mass is 277 g/mol. The highest BCUT2D eigenvalue weighted by Gasteiger charge is 2.40. The Morgan fingerprint density at radius 1 is 1.30 bits per heavy atom. The largest absolute Gasteiger partial charge is 0.492 e. The molecule has 5 nitrogen and oxygen atoms in total. The van der Waals surface area contributed by atoms with Gasteiger partial charge in [-0.3, -0.25) is 4.79 Å². The van der Waals surface area contributed by atoms with E-state index in [0.29, 0.717) is 11.2 Å². The summed E-state index contributed by atoms with van der Waals surface area (Å²) >= 11 is 0. The summed E-state index contributed by atoms with van der Waals surface area (Å²) in [6.45, 7) is 6.67. The van der Waals surface area contributed by atoms with Crippen molar-refractivity contribution >= 4 is 24.2 Å². The van der Waals surface area contributed by atoms with Gasteiger partial charge < -0.3 is 20.1 Å². The first-order valence-corrected chi connectivity index (χ1v) is 6.62. The Kier molecular flexibility index (Phi) is 3.66. The minimum absolute atomic E-state index is 0.0959. The summed E-state index contributed by atoms with van der Waals surface area (Å²) in [7, 11) is -1.20. The van der Waals surface area contributed by atoms with Crippen LogP contribution < -0.4 is 10.8 Å². The highest BCUT2D eigenvalue weighted by Crippen LogP contribution is 2.27. The van der Waals surface area contributed by atoms with Gasteiger partial charge in [-0.15, -0.1) is 0 Å². The minimum Gasteiger partial charge on any atom is -0.423 e. The molecule has 1 aromatic carbocycles. The fraction of sp³-hybridized carbons (Fsp3) is 0.500. The molecule has 0 fully saturated rings. The summed E-state index contributed by atoms with van der Waals surface area (Å²) < 4.78 is 5.62. The topological polar surface area (TPSA) is 78.8 Å². The van der Waals surface area contributed by atoms with E-state index in [-0.39, 0.29) is 12.3 Å².